The van der Waals surface area contributed by atoms with Gasteiger partial charge in [0.1, 0.15) is 0 Å². The number of halogens is 1. The lowest BCUT2D eigenvalue weighted by Gasteiger charge is -2.06. The fourth-order valence-corrected chi connectivity index (χ4v) is 1.19. The zero-order chi connectivity index (χ0) is 8.97. The lowest BCUT2D eigenvalue weighted by molar-refractivity contribution is 0.652. The zero-order valence-electron chi connectivity index (χ0n) is 7.55. The standard InChI is InChI=1S/C10H14ClN/c1-8(6-11)5-10-4-3-9(2)12-7-10/h3-4,7-8H,5-6H2,1-2H3. The normalized spacial score (nSPS) is 12.9. The molecule has 2 heteroatoms. The molecule has 0 saturated carbocycles. The number of nitrogens with zero attached hydrogens (tertiary/aromatic N) is 1. The van der Waals surface area contributed by atoms with Crippen LogP contribution in [0.1, 0.15) is 18.2 Å². The summed E-state index contributed by atoms with van der Waals surface area (Å²) in [6.07, 6.45) is 2.95. The Bertz CT molecular complexity index is 230. The van der Waals surface area contributed by atoms with E-state index >= 15 is 0 Å². The smallest absolute Gasteiger partial charge is 0.0372 e. The van der Waals surface area contributed by atoms with Crippen molar-refractivity contribution in [2.24, 2.45) is 5.92 Å². The van der Waals surface area contributed by atoms with Crippen LogP contribution in [0.15, 0.2) is 18.3 Å². The average molecular weight is 184 g/mol. The van der Waals surface area contributed by atoms with Crippen LogP contribution in [0.2, 0.25) is 0 Å². The van der Waals surface area contributed by atoms with Crippen molar-refractivity contribution in [2.75, 3.05) is 5.88 Å². The Morgan fingerprint density at radius 1 is 1.50 bits per heavy atom. The van der Waals surface area contributed by atoms with Gasteiger partial charge in [0, 0.05) is 17.8 Å². The van der Waals surface area contributed by atoms with Crippen LogP contribution >= 0.6 is 11.6 Å². The van der Waals surface area contributed by atoms with E-state index in [0.29, 0.717) is 11.8 Å². The molecule has 1 heterocycles. The van der Waals surface area contributed by atoms with E-state index in [1.54, 1.807) is 0 Å². The van der Waals surface area contributed by atoms with Gasteiger partial charge >= 0.3 is 0 Å². The van der Waals surface area contributed by atoms with Gasteiger partial charge in [-0.15, -0.1) is 11.6 Å². The van der Waals surface area contributed by atoms with E-state index in [1.165, 1.54) is 5.56 Å². The Morgan fingerprint density at radius 2 is 2.25 bits per heavy atom. The molecule has 0 radical (unpaired) electrons. The maximum atomic E-state index is 5.71. The Kier molecular flexibility index (Phi) is 3.54. The first-order valence-electron chi connectivity index (χ1n) is 4.20. The Labute approximate surface area is 78.8 Å². The molecular formula is C10H14ClN. The molecule has 0 aromatic carbocycles. The highest BCUT2D eigenvalue weighted by Gasteiger charge is 2.01. The molecule has 0 aliphatic rings. The van der Waals surface area contributed by atoms with Gasteiger partial charge in [-0.1, -0.05) is 13.0 Å². The van der Waals surface area contributed by atoms with Gasteiger partial charge in [-0.3, -0.25) is 4.98 Å². The van der Waals surface area contributed by atoms with Gasteiger partial charge in [-0.05, 0) is 30.9 Å². The van der Waals surface area contributed by atoms with Gasteiger partial charge in [0.15, 0.2) is 0 Å². The van der Waals surface area contributed by atoms with Crippen LogP contribution in [0.25, 0.3) is 0 Å². The minimum atomic E-state index is 0.538. The van der Waals surface area contributed by atoms with Gasteiger partial charge in [0.2, 0.25) is 0 Å². The highest BCUT2D eigenvalue weighted by Crippen LogP contribution is 2.08. The third-order valence-electron chi connectivity index (χ3n) is 1.82. The first-order chi connectivity index (χ1) is 5.72. The van der Waals surface area contributed by atoms with Crippen molar-refractivity contribution in [3.63, 3.8) is 0 Å². The lowest BCUT2D eigenvalue weighted by atomic mass is 10.0. The first-order valence-corrected chi connectivity index (χ1v) is 4.73. The summed E-state index contributed by atoms with van der Waals surface area (Å²) in [4.78, 5) is 4.22. The molecule has 0 spiro atoms. The number of hydrogen-bond donors (Lipinski definition) is 0. The van der Waals surface area contributed by atoms with Gasteiger partial charge in [-0.2, -0.15) is 0 Å². The molecule has 12 heavy (non-hydrogen) atoms. The SMILES string of the molecule is Cc1ccc(CC(C)CCl)cn1. The summed E-state index contributed by atoms with van der Waals surface area (Å²) in [6, 6.07) is 4.15. The van der Waals surface area contributed by atoms with Crippen molar-refractivity contribution in [1.29, 1.82) is 0 Å². The van der Waals surface area contributed by atoms with Crippen molar-refractivity contribution in [3.8, 4) is 0 Å². The average Bonchev–Trinajstić information content (AvgIpc) is 2.09. The molecule has 1 nitrogen and oxygen atoms in total. The topological polar surface area (TPSA) is 12.9 Å². The number of pyridine rings is 1. The van der Waals surface area contributed by atoms with Crippen LogP contribution < -0.4 is 0 Å². The van der Waals surface area contributed by atoms with Crippen LogP contribution in [0.5, 0.6) is 0 Å². The highest BCUT2D eigenvalue weighted by molar-refractivity contribution is 6.18. The Morgan fingerprint density at radius 3 is 2.75 bits per heavy atom. The van der Waals surface area contributed by atoms with Gasteiger partial charge < -0.3 is 0 Å². The third-order valence-corrected chi connectivity index (χ3v) is 2.35. The van der Waals surface area contributed by atoms with E-state index in [2.05, 4.69) is 18.0 Å². The number of rotatable bonds is 3. The second kappa shape index (κ2) is 4.46. The maximum absolute atomic E-state index is 5.71. The first kappa shape index (κ1) is 9.53. The zero-order valence-corrected chi connectivity index (χ0v) is 8.30. The number of alkyl halides is 1. The fourth-order valence-electron chi connectivity index (χ4n) is 1.08. The third kappa shape index (κ3) is 2.82. The number of aryl methyl sites for hydroxylation is 1. The van der Waals surface area contributed by atoms with Gasteiger partial charge in [0.05, 0.1) is 0 Å². The molecule has 1 aromatic rings. The molecule has 66 valence electrons. The quantitative estimate of drug-likeness (QED) is 0.657. The summed E-state index contributed by atoms with van der Waals surface area (Å²) in [5.41, 5.74) is 2.34. The summed E-state index contributed by atoms with van der Waals surface area (Å²) in [5.74, 6) is 1.25. The molecule has 0 amide bonds. The molecule has 1 unspecified atom stereocenters. The summed E-state index contributed by atoms with van der Waals surface area (Å²) >= 11 is 5.71. The monoisotopic (exact) mass is 183 g/mol. The predicted molar refractivity (Wildman–Crippen MR) is 52.6 cm³/mol. The summed E-state index contributed by atoms with van der Waals surface area (Å²) in [7, 11) is 0. The predicted octanol–water partition coefficient (Wildman–Crippen LogP) is 2.81. The molecule has 1 atom stereocenters. The molecule has 1 rings (SSSR count). The van der Waals surface area contributed by atoms with Crippen LogP contribution in [-0.4, -0.2) is 10.9 Å². The van der Waals surface area contributed by atoms with E-state index in [0.717, 1.165) is 12.1 Å². The molecule has 1 aromatic heterocycles. The van der Waals surface area contributed by atoms with Crippen LogP contribution in [0, 0.1) is 12.8 Å². The van der Waals surface area contributed by atoms with Crippen LogP contribution in [0.4, 0.5) is 0 Å². The van der Waals surface area contributed by atoms with Crippen molar-refractivity contribution in [1.82, 2.24) is 4.98 Å². The number of aromatic nitrogens is 1. The van der Waals surface area contributed by atoms with E-state index in [4.69, 9.17) is 11.6 Å². The van der Waals surface area contributed by atoms with Crippen molar-refractivity contribution in [3.05, 3.63) is 29.6 Å². The summed E-state index contributed by atoms with van der Waals surface area (Å²) in [6.45, 7) is 4.14. The van der Waals surface area contributed by atoms with E-state index in [9.17, 15) is 0 Å². The maximum Gasteiger partial charge on any atom is 0.0372 e. The van der Waals surface area contributed by atoms with Gasteiger partial charge in [-0.25, -0.2) is 0 Å². The van der Waals surface area contributed by atoms with Crippen molar-refractivity contribution in [2.45, 2.75) is 20.3 Å². The summed E-state index contributed by atoms with van der Waals surface area (Å²) in [5, 5.41) is 0. The lowest BCUT2D eigenvalue weighted by Crippen LogP contribution is -2.01. The van der Waals surface area contributed by atoms with Crippen LogP contribution in [-0.2, 0) is 6.42 Å². The molecule has 0 N–H and O–H groups in total. The van der Waals surface area contributed by atoms with E-state index < -0.39 is 0 Å². The Balaban J connectivity index is 2.58. The van der Waals surface area contributed by atoms with E-state index in [1.807, 2.05) is 19.2 Å². The minimum Gasteiger partial charge on any atom is -0.261 e. The number of hydrogen-bond acceptors (Lipinski definition) is 1. The molecular weight excluding hydrogens is 170 g/mol. The van der Waals surface area contributed by atoms with E-state index in [-0.39, 0.29) is 0 Å². The second-order valence-corrected chi connectivity index (χ2v) is 3.58. The van der Waals surface area contributed by atoms with Crippen molar-refractivity contribution >= 4 is 11.6 Å². The molecule has 0 bridgehead atoms. The molecule has 0 aliphatic heterocycles. The molecule has 0 aliphatic carbocycles. The molecule has 0 saturated heterocycles. The van der Waals surface area contributed by atoms with Gasteiger partial charge in [0.25, 0.3) is 0 Å². The van der Waals surface area contributed by atoms with Crippen molar-refractivity contribution < 1.29 is 0 Å². The largest absolute Gasteiger partial charge is 0.261 e. The molecule has 0 fully saturated rings. The second-order valence-electron chi connectivity index (χ2n) is 3.27. The Hall–Kier alpha value is -0.560. The highest BCUT2D eigenvalue weighted by atomic mass is 35.5. The minimum absolute atomic E-state index is 0.538. The fraction of sp³-hybridized carbons (Fsp3) is 0.500. The summed E-state index contributed by atoms with van der Waals surface area (Å²) < 4.78 is 0. The van der Waals surface area contributed by atoms with Crippen LogP contribution in [0.3, 0.4) is 0 Å².